The van der Waals surface area contributed by atoms with E-state index in [1.807, 2.05) is 0 Å². The summed E-state index contributed by atoms with van der Waals surface area (Å²) in [6.07, 6.45) is 0.458. The third kappa shape index (κ3) is 3.66. The van der Waals surface area contributed by atoms with E-state index in [2.05, 4.69) is 4.74 Å². The number of methoxy groups -OCH3 is 1. The molecule has 1 rings (SSSR count). The Labute approximate surface area is 93.2 Å². The van der Waals surface area contributed by atoms with E-state index >= 15 is 0 Å². The predicted molar refractivity (Wildman–Crippen MR) is 57.0 cm³/mol. The van der Waals surface area contributed by atoms with Crippen LogP contribution in [0.1, 0.15) is 12.5 Å². The van der Waals surface area contributed by atoms with Gasteiger partial charge in [0.1, 0.15) is 11.5 Å². The number of benzene rings is 1. The summed E-state index contributed by atoms with van der Waals surface area (Å²) in [5.41, 5.74) is 6.25. The van der Waals surface area contributed by atoms with Crippen molar-refractivity contribution in [3.63, 3.8) is 0 Å². The van der Waals surface area contributed by atoms with E-state index in [0.717, 1.165) is 0 Å². The Morgan fingerprint density at radius 2 is 2.06 bits per heavy atom. The van der Waals surface area contributed by atoms with Gasteiger partial charge in [-0.3, -0.25) is 0 Å². The van der Waals surface area contributed by atoms with E-state index in [0.29, 0.717) is 17.7 Å². The average Bonchev–Trinajstić information content (AvgIpc) is 2.19. The van der Waals surface area contributed by atoms with Gasteiger partial charge >= 0.3 is 6.61 Å². The zero-order valence-electron chi connectivity index (χ0n) is 9.24. The first-order valence-corrected chi connectivity index (χ1v) is 4.90. The summed E-state index contributed by atoms with van der Waals surface area (Å²) in [7, 11) is 1.51. The lowest BCUT2D eigenvalue weighted by Gasteiger charge is -2.13. The number of hydrogen-bond donors (Lipinski definition) is 1. The lowest BCUT2D eigenvalue weighted by Crippen LogP contribution is -2.18. The van der Waals surface area contributed by atoms with Gasteiger partial charge in [0, 0.05) is 6.04 Å². The molecule has 0 amide bonds. The van der Waals surface area contributed by atoms with Gasteiger partial charge in [0.25, 0.3) is 0 Å². The van der Waals surface area contributed by atoms with Gasteiger partial charge in [0.15, 0.2) is 0 Å². The first kappa shape index (κ1) is 12.7. The lowest BCUT2D eigenvalue weighted by molar-refractivity contribution is -0.0505. The highest BCUT2D eigenvalue weighted by Crippen LogP contribution is 2.26. The van der Waals surface area contributed by atoms with E-state index in [9.17, 15) is 8.78 Å². The Balaban J connectivity index is 2.96. The molecule has 0 aliphatic rings. The Hall–Kier alpha value is -1.36. The number of ether oxygens (including phenoxy) is 2. The minimum atomic E-state index is -2.83. The van der Waals surface area contributed by atoms with Crippen molar-refractivity contribution in [2.45, 2.75) is 26.0 Å². The van der Waals surface area contributed by atoms with Crippen molar-refractivity contribution >= 4 is 0 Å². The molecule has 0 aromatic heterocycles. The maximum Gasteiger partial charge on any atom is 0.387 e. The van der Waals surface area contributed by atoms with Crippen LogP contribution in [0.15, 0.2) is 18.2 Å². The zero-order chi connectivity index (χ0) is 12.1. The average molecular weight is 231 g/mol. The zero-order valence-corrected chi connectivity index (χ0v) is 9.24. The molecule has 0 aliphatic heterocycles. The molecular formula is C11H15F2NO2. The number of hydrogen-bond acceptors (Lipinski definition) is 3. The van der Waals surface area contributed by atoms with Crippen LogP contribution in [-0.4, -0.2) is 19.8 Å². The van der Waals surface area contributed by atoms with Crippen LogP contribution in [0.25, 0.3) is 0 Å². The van der Waals surface area contributed by atoms with E-state index < -0.39 is 6.61 Å². The summed E-state index contributed by atoms with van der Waals surface area (Å²) in [6, 6.07) is 4.55. The molecule has 0 spiro atoms. The molecule has 0 aliphatic carbocycles. The van der Waals surface area contributed by atoms with Crippen molar-refractivity contribution in [2.75, 3.05) is 7.11 Å². The highest BCUT2D eigenvalue weighted by molar-refractivity contribution is 5.40. The summed E-state index contributed by atoms with van der Waals surface area (Å²) in [6.45, 7) is -1.04. The predicted octanol–water partition coefficient (Wildman–Crippen LogP) is 2.19. The van der Waals surface area contributed by atoms with Crippen LogP contribution < -0.4 is 15.2 Å². The molecule has 1 aromatic carbocycles. The van der Waals surface area contributed by atoms with Gasteiger partial charge in [-0.1, -0.05) is 0 Å². The van der Waals surface area contributed by atoms with Crippen LogP contribution in [0.4, 0.5) is 8.78 Å². The first-order chi connectivity index (χ1) is 7.52. The van der Waals surface area contributed by atoms with Gasteiger partial charge in [-0.2, -0.15) is 8.78 Å². The lowest BCUT2D eigenvalue weighted by atomic mass is 10.1. The van der Waals surface area contributed by atoms with Crippen molar-refractivity contribution in [3.05, 3.63) is 23.8 Å². The minimum absolute atomic E-state index is 0.132. The fourth-order valence-corrected chi connectivity index (χ4v) is 1.40. The first-order valence-electron chi connectivity index (χ1n) is 4.90. The normalized spacial score (nSPS) is 12.6. The highest BCUT2D eigenvalue weighted by atomic mass is 19.3. The van der Waals surface area contributed by atoms with Gasteiger partial charge in [0.05, 0.1) is 7.11 Å². The van der Waals surface area contributed by atoms with E-state index in [1.54, 1.807) is 19.1 Å². The summed E-state index contributed by atoms with van der Waals surface area (Å²) >= 11 is 0. The van der Waals surface area contributed by atoms with E-state index in [1.165, 1.54) is 13.2 Å². The number of rotatable bonds is 5. The minimum Gasteiger partial charge on any atom is -0.497 e. The molecule has 5 heteroatoms. The Bertz CT molecular complexity index is 343. The van der Waals surface area contributed by atoms with Crippen LogP contribution in [-0.2, 0) is 6.42 Å². The van der Waals surface area contributed by atoms with Gasteiger partial charge in [-0.15, -0.1) is 0 Å². The van der Waals surface area contributed by atoms with Crippen LogP contribution in [0.2, 0.25) is 0 Å². The molecule has 3 nitrogen and oxygen atoms in total. The summed E-state index contributed by atoms with van der Waals surface area (Å²) < 4.78 is 33.7. The van der Waals surface area contributed by atoms with Gasteiger partial charge in [-0.25, -0.2) is 0 Å². The molecule has 0 heterocycles. The molecule has 1 atom stereocenters. The largest absolute Gasteiger partial charge is 0.497 e. The third-order valence-corrected chi connectivity index (χ3v) is 2.03. The molecule has 0 radical (unpaired) electrons. The summed E-state index contributed by atoms with van der Waals surface area (Å²) in [5.74, 6) is 0.741. The number of halogens is 2. The monoisotopic (exact) mass is 231 g/mol. The van der Waals surface area contributed by atoms with Crippen molar-refractivity contribution in [3.8, 4) is 11.5 Å². The molecule has 0 fully saturated rings. The molecule has 1 aromatic rings. The Kier molecular flexibility index (Phi) is 4.49. The topological polar surface area (TPSA) is 44.5 Å². The van der Waals surface area contributed by atoms with Crippen LogP contribution in [0, 0.1) is 0 Å². The summed E-state index contributed by atoms with van der Waals surface area (Å²) in [5, 5.41) is 0. The van der Waals surface area contributed by atoms with Gasteiger partial charge < -0.3 is 15.2 Å². The number of nitrogens with two attached hydrogens (primary N) is 1. The van der Waals surface area contributed by atoms with Crippen LogP contribution in [0.5, 0.6) is 11.5 Å². The second-order valence-electron chi connectivity index (χ2n) is 3.53. The van der Waals surface area contributed by atoms with Crippen molar-refractivity contribution < 1.29 is 18.3 Å². The summed E-state index contributed by atoms with van der Waals surface area (Å²) in [4.78, 5) is 0. The third-order valence-electron chi connectivity index (χ3n) is 2.03. The van der Waals surface area contributed by atoms with E-state index in [-0.39, 0.29) is 11.8 Å². The smallest absolute Gasteiger partial charge is 0.387 e. The Morgan fingerprint density at radius 3 is 2.56 bits per heavy atom. The number of alkyl halides is 2. The highest BCUT2D eigenvalue weighted by Gasteiger charge is 2.12. The van der Waals surface area contributed by atoms with Crippen LogP contribution in [0.3, 0.4) is 0 Å². The SMILES string of the molecule is COc1ccc(OC(F)F)c(CC(C)N)c1. The van der Waals surface area contributed by atoms with Gasteiger partial charge in [-0.05, 0) is 37.1 Å². The molecular weight excluding hydrogens is 216 g/mol. The van der Waals surface area contributed by atoms with Crippen molar-refractivity contribution in [1.82, 2.24) is 0 Å². The fraction of sp³-hybridized carbons (Fsp3) is 0.455. The Morgan fingerprint density at radius 1 is 1.38 bits per heavy atom. The quantitative estimate of drug-likeness (QED) is 0.844. The maximum atomic E-state index is 12.1. The molecule has 0 saturated carbocycles. The fourth-order valence-electron chi connectivity index (χ4n) is 1.40. The van der Waals surface area contributed by atoms with Gasteiger partial charge in [0.2, 0.25) is 0 Å². The molecule has 1 unspecified atom stereocenters. The second-order valence-corrected chi connectivity index (χ2v) is 3.53. The van der Waals surface area contributed by atoms with Crippen molar-refractivity contribution in [1.29, 1.82) is 0 Å². The molecule has 16 heavy (non-hydrogen) atoms. The molecule has 2 N–H and O–H groups in total. The van der Waals surface area contributed by atoms with Crippen molar-refractivity contribution in [2.24, 2.45) is 5.73 Å². The molecule has 0 bridgehead atoms. The standard InChI is InChI=1S/C11H15F2NO2/c1-7(14)5-8-6-9(15-2)3-4-10(8)16-11(12)13/h3-4,6-7,11H,5,14H2,1-2H3. The molecule has 0 saturated heterocycles. The maximum absolute atomic E-state index is 12.1. The van der Waals surface area contributed by atoms with E-state index in [4.69, 9.17) is 10.5 Å². The second kappa shape index (κ2) is 5.65. The van der Waals surface area contributed by atoms with Crippen LogP contribution >= 0.6 is 0 Å². The molecule has 90 valence electrons.